The third-order valence-corrected chi connectivity index (χ3v) is 5.01. The molecule has 7 heteroatoms. The lowest BCUT2D eigenvalue weighted by atomic mass is 10.2. The van der Waals surface area contributed by atoms with Crippen molar-refractivity contribution in [3.05, 3.63) is 58.9 Å². The highest BCUT2D eigenvalue weighted by Crippen LogP contribution is 2.21. The fraction of sp³-hybridized carbons (Fsp3) is 0.143. The summed E-state index contributed by atoms with van der Waals surface area (Å²) in [5.41, 5.74) is 6.00. The van der Waals surface area contributed by atoms with Crippen molar-refractivity contribution < 1.29 is 12.8 Å². The lowest BCUT2D eigenvalue weighted by Gasteiger charge is -2.17. The standard InChI is InChI=1S/C14H14ClFN2O2S/c1-18(9-10-3-2-4-11(15)7-10)21(19,20)12-5-6-14(17)13(16)8-12/h2-8H,9,17H2,1H3. The van der Waals surface area contributed by atoms with Gasteiger partial charge in [-0.25, -0.2) is 12.8 Å². The summed E-state index contributed by atoms with van der Waals surface area (Å²) in [5, 5.41) is 0.525. The number of nitrogens with zero attached hydrogens (tertiary/aromatic N) is 1. The Morgan fingerprint density at radius 3 is 2.57 bits per heavy atom. The van der Waals surface area contributed by atoms with Crippen molar-refractivity contribution >= 4 is 27.3 Å². The highest BCUT2D eigenvalue weighted by atomic mass is 35.5. The summed E-state index contributed by atoms with van der Waals surface area (Å²) in [6, 6.07) is 10.3. The minimum absolute atomic E-state index is 0.0913. The van der Waals surface area contributed by atoms with E-state index >= 15 is 0 Å². The summed E-state index contributed by atoms with van der Waals surface area (Å²) in [7, 11) is -2.37. The summed E-state index contributed by atoms with van der Waals surface area (Å²) in [4.78, 5) is -0.140. The van der Waals surface area contributed by atoms with E-state index in [9.17, 15) is 12.8 Å². The fourth-order valence-electron chi connectivity index (χ4n) is 1.83. The monoisotopic (exact) mass is 328 g/mol. The molecule has 112 valence electrons. The van der Waals surface area contributed by atoms with E-state index in [1.54, 1.807) is 24.3 Å². The van der Waals surface area contributed by atoms with Gasteiger partial charge in [-0.3, -0.25) is 0 Å². The van der Waals surface area contributed by atoms with Gasteiger partial charge in [-0.05, 0) is 35.9 Å². The Bertz CT molecular complexity index is 765. The van der Waals surface area contributed by atoms with Gasteiger partial charge >= 0.3 is 0 Å². The van der Waals surface area contributed by atoms with E-state index < -0.39 is 15.8 Å². The van der Waals surface area contributed by atoms with Crippen LogP contribution in [-0.4, -0.2) is 19.8 Å². The predicted octanol–water partition coefficient (Wildman–Crippen LogP) is 2.88. The van der Waals surface area contributed by atoms with Crippen LogP contribution in [0.5, 0.6) is 0 Å². The van der Waals surface area contributed by atoms with Gasteiger partial charge in [-0.2, -0.15) is 4.31 Å². The SMILES string of the molecule is CN(Cc1cccc(Cl)c1)S(=O)(=O)c1ccc(N)c(F)c1. The zero-order valence-electron chi connectivity index (χ0n) is 11.3. The highest BCUT2D eigenvalue weighted by molar-refractivity contribution is 7.89. The van der Waals surface area contributed by atoms with Crippen LogP contribution in [-0.2, 0) is 16.6 Å². The minimum Gasteiger partial charge on any atom is -0.396 e. The maximum absolute atomic E-state index is 13.4. The first-order chi connectivity index (χ1) is 9.80. The molecule has 0 unspecified atom stereocenters. The van der Waals surface area contributed by atoms with Gasteiger partial charge in [0.2, 0.25) is 10.0 Å². The second-order valence-electron chi connectivity index (χ2n) is 4.57. The third-order valence-electron chi connectivity index (χ3n) is 2.97. The summed E-state index contributed by atoms with van der Waals surface area (Å²) in [6.45, 7) is 0.134. The van der Waals surface area contributed by atoms with Crippen molar-refractivity contribution in [2.75, 3.05) is 12.8 Å². The average molecular weight is 329 g/mol. The zero-order valence-corrected chi connectivity index (χ0v) is 12.8. The van der Waals surface area contributed by atoms with Crippen molar-refractivity contribution in [3.8, 4) is 0 Å². The molecule has 0 aliphatic carbocycles. The fourth-order valence-corrected chi connectivity index (χ4v) is 3.21. The number of sulfonamides is 1. The molecule has 2 rings (SSSR count). The maximum Gasteiger partial charge on any atom is 0.243 e. The van der Waals surface area contributed by atoms with Gasteiger partial charge in [-0.1, -0.05) is 23.7 Å². The van der Waals surface area contributed by atoms with Crippen LogP contribution in [0.2, 0.25) is 5.02 Å². The van der Waals surface area contributed by atoms with E-state index in [1.165, 1.54) is 19.2 Å². The highest BCUT2D eigenvalue weighted by Gasteiger charge is 2.22. The Balaban J connectivity index is 2.28. The molecule has 0 spiro atoms. The van der Waals surface area contributed by atoms with Crippen molar-refractivity contribution in [1.29, 1.82) is 0 Å². The molecule has 4 nitrogen and oxygen atoms in total. The van der Waals surface area contributed by atoms with Gasteiger partial charge in [0.25, 0.3) is 0 Å². The summed E-state index contributed by atoms with van der Waals surface area (Å²) >= 11 is 5.87. The topological polar surface area (TPSA) is 63.4 Å². The molecule has 0 aliphatic rings. The van der Waals surface area contributed by atoms with Gasteiger partial charge in [0.15, 0.2) is 0 Å². The largest absolute Gasteiger partial charge is 0.396 e. The van der Waals surface area contributed by atoms with E-state index in [4.69, 9.17) is 17.3 Å². The van der Waals surface area contributed by atoms with Gasteiger partial charge in [0.05, 0.1) is 10.6 Å². The zero-order chi connectivity index (χ0) is 15.6. The number of nitrogens with two attached hydrogens (primary N) is 1. The summed E-state index contributed by atoms with van der Waals surface area (Å²) in [5.74, 6) is -0.757. The Morgan fingerprint density at radius 2 is 1.95 bits per heavy atom. The van der Waals surface area contributed by atoms with Crippen molar-refractivity contribution in [2.45, 2.75) is 11.4 Å². The van der Waals surface area contributed by atoms with Gasteiger partial charge in [0, 0.05) is 18.6 Å². The van der Waals surface area contributed by atoms with Gasteiger partial charge in [0.1, 0.15) is 5.82 Å². The smallest absolute Gasteiger partial charge is 0.243 e. The first kappa shape index (κ1) is 15.8. The molecule has 21 heavy (non-hydrogen) atoms. The second kappa shape index (κ2) is 6.01. The second-order valence-corrected chi connectivity index (χ2v) is 7.06. The molecule has 0 bridgehead atoms. The number of hydrogen-bond acceptors (Lipinski definition) is 3. The molecule has 0 atom stereocenters. The lowest BCUT2D eigenvalue weighted by molar-refractivity contribution is 0.466. The van der Waals surface area contributed by atoms with E-state index in [0.29, 0.717) is 5.02 Å². The summed E-state index contributed by atoms with van der Waals surface area (Å²) < 4.78 is 39.3. The molecule has 0 saturated carbocycles. The molecule has 0 radical (unpaired) electrons. The van der Waals surface area contributed by atoms with Gasteiger partial charge in [-0.15, -0.1) is 0 Å². The molecule has 2 aromatic rings. The van der Waals surface area contributed by atoms with Crippen LogP contribution in [0, 0.1) is 5.82 Å². The third kappa shape index (κ3) is 3.53. The molecule has 0 heterocycles. The first-order valence-electron chi connectivity index (χ1n) is 6.06. The first-order valence-corrected chi connectivity index (χ1v) is 7.88. The molecular weight excluding hydrogens is 315 g/mol. The molecule has 2 aromatic carbocycles. The maximum atomic E-state index is 13.4. The molecule has 0 aromatic heterocycles. The Kier molecular flexibility index (Phi) is 4.51. The number of hydrogen-bond donors (Lipinski definition) is 1. The van der Waals surface area contributed by atoms with Crippen LogP contribution < -0.4 is 5.73 Å². The predicted molar refractivity (Wildman–Crippen MR) is 80.9 cm³/mol. The number of halogens is 2. The van der Waals surface area contributed by atoms with Crippen LogP contribution in [0.25, 0.3) is 0 Å². The Labute approximate surface area is 128 Å². The van der Waals surface area contributed by atoms with E-state index in [0.717, 1.165) is 15.9 Å². The van der Waals surface area contributed by atoms with Gasteiger partial charge < -0.3 is 5.73 Å². The summed E-state index contributed by atoms with van der Waals surface area (Å²) in [6.07, 6.45) is 0. The molecule has 0 saturated heterocycles. The number of nitrogen functional groups attached to an aromatic ring is 1. The van der Waals surface area contributed by atoms with Crippen LogP contribution in [0.1, 0.15) is 5.56 Å². The van der Waals surface area contributed by atoms with Crippen molar-refractivity contribution in [1.82, 2.24) is 4.31 Å². The molecule has 0 fully saturated rings. The molecule has 0 aliphatic heterocycles. The molecule has 0 amide bonds. The number of rotatable bonds is 4. The Hall–Kier alpha value is -1.63. The van der Waals surface area contributed by atoms with Crippen LogP contribution in [0.15, 0.2) is 47.4 Å². The van der Waals surface area contributed by atoms with Crippen molar-refractivity contribution in [2.24, 2.45) is 0 Å². The Morgan fingerprint density at radius 1 is 1.24 bits per heavy atom. The lowest BCUT2D eigenvalue weighted by Crippen LogP contribution is -2.26. The van der Waals surface area contributed by atoms with Crippen LogP contribution >= 0.6 is 11.6 Å². The average Bonchev–Trinajstić information content (AvgIpc) is 2.41. The minimum atomic E-state index is -3.79. The number of benzene rings is 2. The van der Waals surface area contributed by atoms with Crippen LogP contribution in [0.3, 0.4) is 0 Å². The molecule has 2 N–H and O–H groups in total. The van der Waals surface area contributed by atoms with Crippen molar-refractivity contribution in [3.63, 3.8) is 0 Å². The molecular formula is C14H14ClFN2O2S. The number of anilines is 1. The van der Waals surface area contributed by atoms with E-state index in [2.05, 4.69) is 0 Å². The quantitative estimate of drug-likeness (QED) is 0.878. The van der Waals surface area contributed by atoms with E-state index in [1.807, 2.05) is 0 Å². The van der Waals surface area contributed by atoms with Crippen LogP contribution in [0.4, 0.5) is 10.1 Å². The normalized spacial score (nSPS) is 11.8. The van der Waals surface area contributed by atoms with E-state index in [-0.39, 0.29) is 17.1 Å².